The average Bonchev–Trinajstić information content (AvgIpc) is 3.33. The van der Waals surface area contributed by atoms with E-state index < -0.39 is 18.1 Å². The Balaban J connectivity index is 1.57. The topological polar surface area (TPSA) is 81.6 Å². The minimum absolute atomic E-state index is 0.124. The monoisotopic (exact) mass is 485 g/mol. The van der Waals surface area contributed by atoms with Crippen molar-refractivity contribution in [2.75, 3.05) is 13.7 Å². The molecule has 1 amide bonds. The highest BCUT2D eigenvalue weighted by Crippen LogP contribution is 2.32. The molecule has 7 nitrogen and oxygen atoms in total. The maximum atomic E-state index is 12.9. The first-order chi connectivity index (χ1) is 16.0. The minimum Gasteiger partial charge on any atom is -0.467 e. The van der Waals surface area contributed by atoms with E-state index in [0.717, 1.165) is 17.5 Å². The smallest absolute Gasteiger partial charge is 0.328 e. The first-order valence-electron chi connectivity index (χ1n) is 10.4. The van der Waals surface area contributed by atoms with Gasteiger partial charge in [-0.05, 0) is 36.6 Å². The van der Waals surface area contributed by atoms with E-state index in [4.69, 9.17) is 32.7 Å². The summed E-state index contributed by atoms with van der Waals surface area (Å²) in [6.07, 6.45) is 3.45. The van der Waals surface area contributed by atoms with Crippen LogP contribution in [0, 0.1) is 0 Å². The molecule has 9 heteroatoms. The number of aromatic nitrogens is 2. The standard InChI is InChI=1S/C24H21Cl2N3O4/c1-32-24(31)20-7-4-12-29(20)23(30)19-13-28-21(14-27-19)33-22(15-8-10-16(25)11-9-15)17-5-2-3-6-18(17)26/h2-3,5-6,8-11,13-14,20,22H,4,7,12H2,1H3/t20-,22?/m0/s1. The van der Waals surface area contributed by atoms with E-state index in [1.165, 1.54) is 24.4 Å². The van der Waals surface area contributed by atoms with E-state index in [2.05, 4.69) is 9.97 Å². The molecule has 33 heavy (non-hydrogen) atoms. The number of esters is 1. The molecule has 0 spiro atoms. The highest BCUT2D eigenvalue weighted by molar-refractivity contribution is 6.31. The van der Waals surface area contributed by atoms with Crippen LogP contribution in [-0.4, -0.2) is 46.4 Å². The van der Waals surface area contributed by atoms with Gasteiger partial charge in [0.15, 0.2) is 6.10 Å². The van der Waals surface area contributed by atoms with Gasteiger partial charge in [0.2, 0.25) is 5.88 Å². The van der Waals surface area contributed by atoms with Crippen LogP contribution in [0.3, 0.4) is 0 Å². The van der Waals surface area contributed by atoms with Crippen molar-refractivity contribution in [1.29, 1.82) is 0 Å². The Bertz CT molecular complexity index is 1140. The van der Waals surface area contributed by atoms with E-state index in [1.807, 2.05) is 30.3 Å². The maximum absolute atomic E-state index is 12.9. The van der Waals surface area contributed by atoms with Gasteiger partial charge in [-0.2, -0.15) is 0 Å². The van der Waals surface area contributed by atoms with E-state index in [-0.39, 0.29) is 17.5 Å². The second-order valence-corrected chi connectivity index (χ2v) is 8.33. The first-order valence-corrected chi connectivity index (χ1v) is 11.1. The van der Waals surface area contributed by atoms with Gasteiger partial charge in [-0.1, -0.05) is 53.5 Å². The normalized spacial score (nSPS) is 16.3. The summed E-state index contributed by atoms with van der Waals surface area (Å²) in [5.41, 5.74) is 1.70. The number of methoxy groups -OCH3 is 1. The Morgan fingerprint density at radius 3 is 2.48 bits per heavy atom. The van der Waals surface area contributed by atoms with Crippen molar-refractivity contribution in [1.82, 2.24) is 14.9 Å². The number of halogens is 2. The predicted octanol–water partition coefficient (Wildman–Crippen LogP) is 4.73. The van der Waals surface area contributed by atoms with Crippen LogP contribution in [0.2, 0.25) is 10.0 Å². The molecule has 1 aliphatic rings. The molecule has 3 aromatic rings. The first kappa shape index (κ1) is 23.0. The number of benzene rings is 2. The lowest BCUT2D eigenvalue weighted by molar-refractivity contribution is -0.145. The predicted molar refractivity (Wildman–Crippen MR) is 123 cm³/mol. The summed E-state index contributed by atoms with van der Waals surface area (Å²) < 4.78 is 11.0. The molecule has 2 atom stereocenters. The summed E-state index contributed by atoms with van der Waals surface area (Å²) in [6, 6.07) is 14.0. The molecule has 1 aliphatic heterocycles. The largest absolute Gasteiger partial charge is 0.467 e. The number of nitrogens with zero attached hydrogens (tertiary/aromatic N) is 3. The summed E-state index contributed by atoms with van der Waals surface area (Å²) in [5, 5.41) is 1.14. The summed E-state index contributed by atoms with van der Waals surface area (Å²) >= 11 is 12.5. The highest BCUT2D eigenvalue weighted by atomic mass is 35.5. The van der Waals surface area contributed by atoms with E-state index >= 15 is 0 Å². The molecule has 0 N–H and O–H groups in total. The second kappa shape index (κ2) is 10.2. The lowest BCUT2D eigenvalue weighted by Crippen LogP contribution is -2.41. The Morgan fingerprint density at radius 1 is 1.06 bits per heavy atom. The van der Waals surface area contributed by atoms with Gasteiger partial charge in [0.25, 0.3) is 5.91 Å². The molecular formula is C24H21Cl2N3O4. The number of hydrogen-bond donors (Lipinski definition) is 0. The fourth-order valence-electron chi connectivity index (χ4n) is 3.78. The van der Waals surface area contributed by atoms with Crippen molar-refractivity contribution < 1.29 is 19.1 Å². The lowest BCUT2D eigenvalue weighted by Gasteiger charge is -2.22. The molecule has 1 aromatic heterocycles. The van der Waals surface area contributed by atoms with Gasteiger partial charge in [-0.15, -0.1) is 0 Å². The number of ether oxygens (including phenoxy) is 2. The third kappa shape index (κ3) is 5.10. The summed E-state index contributed by atoms with van der Waals surface area (Å²) in [4.78, 5) is 34.8. The number of likely N-dealkylation sites (tertiary alicyclic amines) is 1. The molecule has 2 heterocycles. The van der Waals surface area contributed by atoms with Crippen LogP contribution in [0.5, 0.6) is 5.88 Å². The van der Waals surface area contributed by atoms with Gasteiger partial charge in [0.05, 0.1) is 19.5 Å². The van der Waals surface area contributed by atoms with Gasteiger partial charge in [-0.25, -0.2) is 14.8 Å². The zero-order valence-corrected chi connectivity index (χ0v) is 19.3. The summed E-state index contributed by atoms with van der Waals surface area (Å²) in [5.74, 6) is -0.584. The zero-order valence-electron chi connectivity index (χ0n) is 17.8. The lowest BCUT2D eigenvalue weighted by atomic mass is 10.0. The van der Waals surface area contributed by atoms with Gasteiger partial charge < -0.3 is 14.4 Å². The zero-order chi connectivity index (χ0) is 23.4. The van der Waals surface area contributed by atoms with Crippen molar-refractivity contribution in [2.24, 2.45) is 0 Å². The average molecular weight is 486 g/mol. The van der Waals surface area contributed by atoms with Crippen LogP contribution in [0.1, 0.15) is 40.6 Å². The number of rotatable bonds is 6. The van der Waals surface area contributed by atoms with E-state index in [0.29, 0.717) is 23.0 Å². The molecule has 1 fully saturated rings. The van der Waals surface area contributed by atoms with E-state index in [9.17, 15) is 9.59 Å². The molecule has 4 rings (SSSR count). The molecular weight excluding hydrogens is 465 g/mol. The number of hydrogen-bond acceptors (Lipinski definition) is 6. The van der Waals surface area contributed by atoms with Crippen LogP contribution in [0.4, 0.5) is 0 Å². The minimum atomic E-state index is -0.602. The quantitative estimate of drug-likeness (QED) is 0.469. The summed E-state index contributed by atoms with van der Waals surface area (Å²) in [7, 11) is 1.31. The van der Waals surface area contributed by atoms with Gasteiger partial charge >= 0.3 is 5.97 Å². The van der Waals surface area contributed by atoms with Crippen molar-refractivity contribution in [3.8, 4) is 5.88 Å². The Labute approximate surface area is 201 Å². The Morgan fingerprint density at radius 2 is 1.82 bits per heavy atom. The van der Waals surface area contributed by atoms with Crippen LogP contribution >= 0.6 is 23.2 Å². The molecule has 0 aliphatic carbocycles. The Kier molecular flexibility index (Phi) is 7.11. The molecule has 0 saturated carbocycles. The number of amides is 1. The number of carbonyl (C=O) groups excluding carboxylic acids is 2. The van der Waals surface area contributed by atoms with Crippen molar-refractivity contribution >= 4 is 35.1 Å². The number of carbonyl (C=O) groups is 2. The van der Waals surface area contributed by atoms with Gasteiger partial charge in [-0.3, -0.25) is 4.79 Å². The van der Waals surface area contributed by atoms with Gasteiger partial charge in [0, 0.05) is 22.2 Å². The Hall–Kier alpha value is -3.16. The molecule has 1 saturated heterocycles. The third-order valence-corrected chi connectivity index (χ3v) is 6.03. The molecule has 0 radical (unpaired) electrons. The van der Waals surface area contributed by atoms with Crippen molar-refractivity contribution in [2.45, 2.75) is 25.0 Å². The van der Waals surface area contributed by atoms with Crippen LogP contribution in [0.25, 0.3) is 0 Å². The van der Waals surface area contributed by atoms with Gasteiger partial charge in [0.1, 0.15) is 11.7 Å². The third-order valence-electron chi connectivity index (χ3n) is 5.43. The van der Waals surface area contributed by atoms with Crippen LogP contribution in [-0.2, 0) is 9.53 Å². The molecule has 1 unspecified atom stereocenters. The SMILES string of the molecule is COC(=O)[C@@H]1CCCN1C(=O)c1cnc(OC(c2ccc(Cl)cc2)c2ccccc2Cl)cn1. The maximum Gasteiger partial charge on any atom is 0.328 e. The molecule has 170 valence electrons. The van der Waals surface area contributed by atoms with Crippen LogP contribution in [0.15, 0.2) is 60.9 Å². The summed E-state index contributed by atoms with van der Waals surface area (Å²) in [6.45, 7) is 0.462. The molecule has 2 aromatic carbocycles. The van der Waals surface area contributed by atoms with E-state index in [1.54, 1.807) is 18.2 Å². The highest BCUT2D eigenvalue weighted by Gasteiger charge is 2.36. The van der Waals surface area contributed by atoms with Crippen molar-refractivity contribution in [3.63, 3.8) is 0 Å². The fourth-order valence-corrected chi connectivity index (χ4v) is 4.14. The van der Waals surface area contributed by atoms with Crippen LogP contribution < -0.4 is 4.74 Å². The molecule has 0 bridgehead atoms. The second-order valence-electron chi connectivity index (χ2n) is 7.49. The van der Waals surface area contributed by atoms with Crippen molar-refractivity contribution in [3.05, 3.63) is 87.8 Å². The fraction of sp³-hybridized carbons (Fsp3) is 0.250.